The van der Waals surface area contributed by atoms with Crippen molar-refractivity contribution in [3.63, 3.8) is 0 Å². The fourth-order valence-electron chi connectivity index (χ4n) is 4.60. The first kappa shape index (κ1) is 19.9. The van der Waals surface area contributed by atoms with Crippen LogP contribution in [0.3, 0.4) is 0 Å². The molecule has 150 valence electrons. The summed E-state index contributed by atoms with van der Waals surface area (Å²) in [6, 6.07) is 15.3. The first-order chi connectivity index (χ1) is 14.1. The number of rotatable bonds is 4. The van der Waals surface area contributed by atoms with Crippen molar-refractivity contribution in [3.8, 4) is 0 Å². The van der Waals surface area contributed by atoms with E-state index in [1.807, 2.05) is 11.0 Å². The molecule has 1 saturated carbocycles. The zero-order valence-corrected chi connectivity index (χ0v) is 17.5. The Morgan fingerprint density at radius 1 is 1.10 bits per heavy atom. The topological polar surface area (TPSA) is 35.8 Å². The van der Waals surface area contributed by atoms with Gasteiger partial charge in [-0.25, -0.2) is 0 Å². The van der Waals surface area contributed by atoms with Crippen LogP contribution in [0.4, 0.5) is 0 Å². The number of fused-ring (bicyclic) bond motifs is 1. The summed E-state index contributed by atoms with van der Waals surface area (Å²) in [4.78, 5) is 5.94. The Balaban J connectivity index is 1.47. The van der Waals surface area contributed by atoms with Gasteiger partial charge in [0.05, 0.1) is 18.1 Å². The maximum absolute atomic E-state index is 11.1. The van der Waals surface area contributed by atoms with Crippen LogP contribution in [0.25, 0.3) is 10.8 Å². The zero-order chi connectivity index (χ0) is 20.4. The molecule has 0 saturated heterocycles. The second-order valence-electron chi connectivity index (χ2n) is 8.00. The maximum atomic E-state index is 11.1. The van der Waals surface area contributed by atoms with Crippen LogP contribution in [-0.4, -0.2) is 29.5 Å². The fraction of sp³-hybridized carbons (Fsp3) is 0.320. The van der Waals surface area contributed by atoms with Gasteiger partial charge in [-0.15, -0.1) is 0 Å². The van der Waals surface area contributed by atoms with Crippen LogP contribution in [0.5, 0.6) is 0 Å². The van der Waals surface area contributed by atoms with E-state index in [9.17, 15) is 5.11 Å². The van der Waals surface area contributed by atoms with Crippen molar-refractivity contribution < 1.29 is 5.11 Å². The smallest absolute Gasteiger partial charge is 0.0972 e. The molecule has 29 heavy (non-hydrogen) atoms. The number of aliphatic hydroxyl groups is 1. The third-order valence-electron chi connectivity index (χ3n) is 6.18. The Morgan fingerprint density at radius 2 is 1.83 bits per heavy atom. The number of nitrogens with zero attached hydrogens (tertiary/aromatic N) is 2. The summed E-state index contributed by atoms with van der Waals surface area (Å²) in [5.41, 5.74) is 2.90. The van der Waals surface area contributed by atoms with E-state index in [2.05, 4.69) is 54.0 Å². The minimum atomic E-state index is -0.579. The number of aliphatic imine (C=N–C) groups is 1. The van der Waals surface area contributed by atoms with Crippen LogP contribution < -0.4 is 0 Å². The van der Waals surface area contributed by atoms with E-state index in [0.717, 1.165) is 37.1 Å². The molecule has 1 atom stereocenters. The van der Waals surface area contributed by atoms with Gasteiger partial charge in [0, 0.05) is 17.8 Å². The van der Waals surface area contributed by atoms with Crippen LogP contribution in [0.1, 0.15) is 37.2 Å². The van der Waals surface area contributed by atoms with Crippen LogP contribution >= 0.6 is 11.6 Å². The zero-order valence-electron chi connectivity index (χ0n) is 16.8. The van der Waals surface area contributed by atoms with Crippen molar-refractivity contribution in [1.29, 1.82) is 0 Å². The molecule has 4 rings (SSSR count). The molecule has 0 radical (unpaired) electrons. The summed E-state index contributed by atoms with van der Waals surface area (Å²) in [6.45, 7) is 4.04. The van der Waals surface area contributed by atoms with E-state index in [-0.39, 0.29) is 5.92 Å². The molecule has 2 aliphatic rings. The third-order valence-corrected chi connectivity index (χ3v) is 6.39. The van der Waals surface area contributed by atoms with E-state index in [1.165, 1.54) is 16.3 Å². The highest BCUT2D eigenvalue weighted by Crippen LogP contribution is 2.40. The summed E-state index contributed by atoms with van der Waals surface area (Å²) in [5, 5.41) is 14.3. The summed E-state index contributed by atoms with van der Waals surface area (Å²) in [5.74, 6) is 0.760. The highest BCUT2D eigenvalue weighted by Gasteiger charge is 2.32. The summed E-state index contributed by atoms with van der Waals surface area (Å²) >= 11 is 6.25. The lowest BCUT2D eigenvalue weighted by Crippen LogP contribution is -2.35. The molecule has 1 fully saturated rings. The van der Waals surface area contributed by atoms with Gasteiger partial charge in [0.2, 0.25) is 0 Å². The number of halogens is 1. The third kappa shape index (κ3) is 4.17. The largest absolute Gasteiger partial charge is 0.387 e. The first-order valence-corrected chi connectivity index (χ1v) is 10.6. The van der Waals surface area contributed by atoms with Gasteiger partial charge < -0.3 is 10.0 Å². The van der Waals surface area contributed by atoms with Crippen LogP contribution in [-0.2, 0) is 0 Å². The predicted molar refractivity (Wildman–Crippen MR) is 122 cm³/mol. The lowest BCUT2D eigenvalue weighted by molar-refractivity contribution is 0.0966. The minimum Gasteiger partial charge on any atom is -0.387 e. The first-order valence-electron chi connectivity index (χ1n) is 10.2. The summed E-state index contributed by atoms with van der Waals surface area (Å²) in [6.07, 6.45) is 8.87. The van der Waals surface area contributed by atoms with Crippen molar-refractivity contribution in [2.24, 2.45) is 10.9 Å². The Hall–Kier alpha value is -2.36. The number of allylic oxidation sites excluding steroid dienone is 3. The van der Waals surface area contributed by atoms with Crippen molar-refractivity contribution in [2.75, 3.05) is 7.05 Å². The van der Waals surface area contributed by atoms with Gasteiger partial charge in [-0.05, 0) is 66.0 Å². The molecule has 0 bridgehead atoms. The lowest BCUT2D eigenvalue weighted by atomic mass is 9.75. The molecule has 0 spiro atoms. The molecule has 0 aromatic heterocycles. The van der Waals surface area contributed by atoms with E-state index >= 15 is 0 Å². The molecule has 2 aromatic carbocycles. The molecule has 1 aliphatic carbocycles. The molecule has 1 N–H and O–H groups in total. The summed E-state index contributed by atoms with van der Waals surface area (Å²) < 4.78 is 0. The van der Waals surface area contributed by atoms with Crippen molar-refractivity contribution >= 4 is 28.7 Å². The van der Waals surface area contributed by atoms with E-state index < -0.39 is 6.10 Å². The Bertz CT molecular complexity index is 999. The summed E-state index contributed by atoms with van der Waals surface area (Å²) in [7, 11) is 1.71. The quantitative estimate of drug-likeness (QED) is 0.501. The van der Waals surface area contributed by atoms with Crippen LogP contribution in [0.2, 0.25) is 0 Å². The molecule has 3 nitrogen and oxygen atoms in total. The van der Waals surface area contributed by atoms with Crippen molar-refractivity contribution in [2.45, 2.75) is 37.7 Å². The number of hydrogen-bond donors (Lipinski definition) is 1. The normalized spacial score (nSPS) is 24.0. The highest BCUT2D eigenvalue weighted by molar-refractivity contribution is 6.31. The van der Waals surface area contributed by atoms with Gasteiger partial charge in [0.25, 0.3) is 0 Å². The van der Waals surface area contributed by atoms with Gasteiger partial charge in [-0.3, -0.25) is 4.99 Å². The van der Waals surface area contributed by atoms with E-state index in [4.69, 9.17) is 11.6 Å². The van der Waals surface area contributed by atoms with Crippen LogP contribution in [0.15, 0.2) is 82.6 Å². The second kappa shape index (κ2) is 8.56. The number of benzene rings is 2. The van der Waals surface area contributed by atoms with E-state index in [0.29, 0.717) is 11.0 Å². The van der Waals surface area contributed by atoms with Gasteiger partial charge >= 0.3 is 0 Å². The number of hydrogen-bond acceptors (Lipinski definition) is 2. The van der Waals surface area contributed by atoms with Gasteiger partial charge in [0.15, 0.2) is 0 Å². The monoisotopic (exact) mass is 406 g/mol. The average Bonchev–Trinajstić information content (AvgIpc) is 2.75. The molecule has 2 aromatic rings. The van der Waals surface area contributed by atoms with Gasteiger partial charge in [-0.2, -0.15) is 0 Å². The Morgan fingerprint density at radius 3 is 2.55 bits per heavy atom. The van der Waals surface area contributed by atoms with Crippen LogP contribution in [0, 0.1) is 5.92 Å². The number of aliphatic hydroxyl groups excluding tert-OH is 1. The molecule has 1 aliphatic heterocycles. The maximum Gasteiger partial charge on any atom is 0.0972 e. The average molecular weight is 407 g/mol. The Labute approximate surface area is 177 Å². The van der Waals surface area contributed by atoms with Gasteiger partial charge in [0.1, 0.15) is 0 Å². The highest BCUT2D eigenvalue weighted by atomic mass is 35.5. The molecule has 4 heteroatoms. The lowest BCUT2D eigenvalue weighted by Gasteiger charge is -2.36. The van der Waals surface area contributed by atoms with Gasteiger partial charge in [-0.1, -0.05) is 60.6 Å². The molecular formula is C25H27ClN2O. The molecule has 1 unspecified atom stereocenters. The van der Waals surface area contributed by atoms with Crippen molar-refractivity contribution in [1.82, 2.24) is 4.90 Å². The SMILES string of the molecule is C=C1C=C(Cl)C=C(C(O)C2CCC(c3ccc4ccccc4c3)CC2)N1C=NC. The molecular weight excluding hydrogens is 380 g/mol. The molecule has 1 heterocycles. The fourth-order valence-corrected chi connectivity index (χ4v) is 4.84. The van der Waals surface area contributed by atoms with E-state index in [1.54, 1.807) is 19.5 Å². The Kier molecular flexibility index (Phi) is 5.89. The predicted octanol–water partition coefficient (Wildman–Crippen LogP) is 5.97. The second-order valence-corrected chi connectivity index (χ2v) is 8.43. The standard InChI is InChI=1S/C25H27ClN2O/c1-17-13-23(26)15-24(28(17)16-27-2)25(29)20-10-7-19(8-11-20)22-12-9-18-5-3-4-6-21(18)14-22/h3-6,9,12-16,19-20,25,29H,1,7-8,10-11H2,2H3. The van der Waals surface area contributed by atoms with Crippen molar-refractivity contribution in [3.05, 3.63) is 83.2 Å². The molecule has 0 amide bonds. The minimum absolute atomic E-state index is 0.209.